The minimum atomic E-state index is 0.0586. The van der Waals surface area contributed by atoms with Crippen LogP contribution in [-0.2, 0) is 0 Å². The summed E-state index contributed by atoms with van der Waals surface area (Å²) in [5.41, 5.74) is 8.05. The molecule has 6 aromatic rings. The predicted octanol–water partition coefficient (Wildman–Crippen LogP) is 3.77. The third-order valence-corrected chi connectivity index (χ3v) is 7.36. The van der Waals surface area contributed by atoms with Crippen LogP contribution in [0.1, 0.15) is 0 Å². The van der Waals surface area contributed by atoms with Crippen molar-refractivity contribution in [2.24, 2.45) is 0 Å². The van der Waals surface area contributed by atoms with E-state index in [1.54, 1.807) is 0 Å². The van der Waals surface area contributed by atoms with Gasteiger partial charge >= 0.3 is 0 Å². The molecule has 0 unspecified atom stereocenters. The van der Waals surface area contributed by atoms with Crippen LogP contribution in [0, 0.1) is 0 Å². The Hall–Kier alpha value is -4.37. The van der Waals surface area contributed by atoms with E-state index < -0.39 is 0 Å². The lowest BCUT2D eigenvalue weighted by molar-refractivity contribution is 0.467. The van der Waals surface area contributed by atoms with Gasteiger partial charge in [-0.05, 0) is 47.3 Å². The fourth-order valence-electron chi connectivity index (χ4n) is 5.88. The van der Waals surface area contributed by atoms with Crippen LogP contribution in [0.25, 0.3) is 27.5 Å². The largest absolute Gasteiger partial charge is 0.458 e. The molecule has 1 aromatic heterocycles. The lowest BCUT2D eigenvalue weighted by Gasteiger charge is -2.33. The molecule has 0 saturated carbocycles. The number of nitrogens with zero attached hydrogens (tertiary/aromatic N) is 1. The van der Waals surface area contributed by atoms with Crippen molar-refractivity contribution < 1.29 is 9.47 Å². The molecule has 3 heterocycles. The Morgan fingerprint density at radius 1 is 0.629 bits per heavy atom. The molecule has 2 aliphatic heterocycles. The van der Waals surface area contributed by atoms with E-state index in [0.29, 0.717) is 0 Å². The first-order valence-electron chi connectivity index (χ1n) is 12.0. The van der Waals surface area contributed by atoms with Crippen molar-refractivity contribution in [1.82, 2.24) is 4.57 Å². The first kappa shape index (κ1) is 19.0. The molecule has 2 aliphatic rings. The number of hydrogen-bond acceptors (Lipinski definition) is 2. The quantitative estimate of drug-likeness (QED) is 0.358. The fourth-order valence-corrected chi connectivity index (χ4v) is 5.88. The highest BCUT2D eigenvalue weighted by Crippen LogP contribution is 2.44. The zero-order valence-corrected chi connectivity index (χ0v) is 19.2. The highest BCUT2D eigenvalue weighted by Gasteiger charge is 2.41. The van der Waals surface area contributed by atoms with Gasteiger partial charge in [-0.1, -0.05) is 72.2 Å². The standard InChI is InChI=1S/C30H19B2NO2/c31-18-14-15-20-21-17-27-28-30(29(21)33(24(20)16-18)19-8-2-1-3-9-19)35-26-13-7-5-11-23(26)32(28)22-10-4-6-12-25(22)34-27/h1-17H,31H2. The third kappa shape index (κ3) is 2.53. The predicted molar refractivity (Wildman–Crippen MR) is 147 cm³/mol. The Morgan fingerprint density at radius 2 is 1.31 bits per heavy atom. The minimum absolute atomic E-state index is 0.0586. The maximum Gasteiger partial charge on any atom is 0.260 e. The summed E-state index contributed by atoms with van der Waals surface area (Å²) in [5, 5.41) is 2.32. The van der Waals surface area contributed by atoms with Gasteiger partial charge in [0, 0.05) is 21.9 Å². The monoisotopic (exact) mass is 447 g/mol. The van der Waals surface area contributed by atoms with E-state index >= 15 is 0 Å². The van der Waals surface area contributed by atoms with Crippen LogP contribution in [-0.4, -0.2) is 19.1 Å². The summed E-state index contributed by atoms with van der Waals surface area (Å²) in [6, 6.07) is 36.2. The third-order valence-electron chi connectivity index (χ3n) is 7.36. The average Bonchev–Trinajstić information content (AvgIpc) is 3.22. The lowest BCUT2D eigenvalue weighted by Crippen LogP contribution is -2.57. The normalized spacial score (nSPS) is 13.1. The number of fused-ring (bicyclic) bond motifs is 8. The number of rotatable bonds is 1. The van der Waals surface area contributed by atoms with Crippen LogP contribution >= 0.6 is 0 Å². The van der Waals surface area contributed by atoms with E-state index in [1.165, 1.54) is 27.3 Å². The second-order valence-electron chi connectivity index (χ2n) is 9.42. The van der Waals surface area contributed by atoms with E-state index in [4.69, 9.17) is 9.47 Å². The van der Waals surface area contributed by atoms with E-state index in [1.807, 2.05) is 12.1 Å². The zero-order valence-electron chi connectivity index (χ0n) is 19.2. The van der Waals surface area contributed by atoms with E-state index in [2.05, 4.69) is 103 Å². The van der Waals surface area contributed by atoms with Gasteiger partial charge < -0.3 is 14.0 Å². The minimum Gasteiger partial charge on any atom is -0.458 e. The van der Waals surface area contributed by atoms with Gasteiger partial charge in [0.25, 0.3) is 6.71 Å². The van der Waals surface area contributed by atoms with Crippen LogP contribution in [0.5, 0.6) is 23.0 Å². The SMILES string of the molecule is Bc1ccc2c3cc4c5c(c3n(-c3ccccc3)c2c1)Oc1ccccc1B5c1ccccc1O4. The van der Waals surface area contributed by atoms with E-state index in [0.717, 1.165) is 45.1 Å². The Morgan fingerprint density at radius 3 is 2.09 bits per heavy atom. The molecule has 162 valence electrons. The van der Waals surface area contributed by atoms with Crippen LogP contribution in [0.3, 0.4) is 0 Å². The molecule has 0 atom stereocenters. The first-order valence-corrected chi connectivity index (χ1v) is 12.0. The van der Waals surface area contributed by atoms with Crippen molar-refractivity contribution in [2.75, 3.05) is 0 Å². The molecule has 0 bridgehead atoms. The van der Waals surface area contributed by atoms with Crippen molar-refractivity contribution in [2.45, 2.75) is 0 Å². The van der Waals surface area contributed by atoms with Gasteiger partial charge in [-0.2, -0.15) is 0 Å². The van der Waals surface area contributed by atoms with Crippen LogP contribution in [0.4, 0.5) is 0 Å². The molecule has 8 rings (SSSR count). The highest BCUT2D eigenvalue weighted by atomic mass is 16.5. The lowest BCUT2D eigenvalue weighted by atomic mass is 9.35. The van der Waals surface area contributed by atoms with Gasteiger partial charge in [0.2, 0.25) is 0 Å². The van der Waals surface area contributed by atoms with Crippen molar-refractivity contribution in [3.63, 3.8) is 0 Å². The summed E-state index contributed by atoms with van der Waals surface area (Å²) in [6.07, 6.45) is 0. The molecule has 5 aromatic carbocycles. The van der Waals surface area contributed by atoms with Gasteiger partial charge in [0.15, 0.2) is 5.75 Å². The highest BCUT2D eigenvalue weighted by molar-refractivity contribution is 6.98. The summed E-state index contributed by atoms with van der Waals surface area (Å²) in [7, 11) is 2.14. The molecule has 35 heavy (non-hydrogen) atoms. The molecule has 0 saturated heterocycles. The topological polar surface area (TPSA) is 23.4 Å². The molecule has 0 fully saturated rings. The molecular formula is C30H19B2NO2. The number of para-hydroxylation sites is 3. The molecule has 3 nitrogen and oxygen atoms in total. The summed E-state index contributed by atoms with van der Waals surface area (Å²) in [5.74, 6) is 3.57. The zero-order chi connectivity index (χ0) is 23.1. The Balaban J connectivity index is 1.57. The van der Waals surface area contributed by atoms with Gasteiger partial charge in [-0.15, -0.1) is 0 Å². The van der Waals surface area contributed by atoms with Crippen molar-refractivity contribution in [3.05, 3.63) is 103 Å². The Bertz CT molecular complexity index is 1810. The number of hydrogen-bond donors (Lipinski definition) is 0. The van der Waals surface area contributed by atoms with Crippen molar-refractivity contribution in [3.8, 4) is 28.7 Å². The maximum absolute atomic E-state index is 6.77. The Labute approximate surface area is 204 Å². The average molecular weight is 447 g/mol. The maximum atomic E-state index is 6.77. The molecule has 0 spiro atoms. The van der Waals surface area contributed by atoms with Gasteiger partial charge in [-0.3, -0.25) is 0 Å². The van der Waals surface area contributed by atoms with Crippen molar-refractivity contribution >= 4 is 58.2 Å². The summed E-state index contributed by atoms with van der Waals surface area (Å²) in [6.45, 7) is 0.0586. The second-order valence-corrected chi connectivity index (χ2v) is 9.42. The van der Waals surface area contributed by atoms with E-state index in [9.17, 15) is 0 Å². The molecular weight excluding hydrogens is 428 g/mol. The number of ether oxygens (including phenoxy) is 2. The van der Waals surface area contributed by atoms with Gasteiger partial charge in [-0.25, -0.2) is 0 Å². The van der Waals surface area contributed by atoms with E-state index in [-0.39, 0.29) is 6.71 Å². The van der Waals surface area contributed by atoms with Gasteiger partial charge in [0.05, 0.1) is 11.0 Å². The Kier molecular flexibility index (Phi) is 3.71. The molecule has 5 heteroatoms. The molecule has 0 amide bonds. The summed E-state index contributed by atoms with van der Waals surface area (Å²) < 4.78 is 15.7. The first-order chi connectivity index (χ1) is 17.3. The summed E-state index contributed by atoms with van der Waals surface area (Å²) >= 11 is 0. The van der Waals surface area contributed by atoms with Crippen molar-refractivity contribution in [1.29, 1.82) is 0 Å². The number of aromatic nitrogens is 1. The number of benzene rings is 5. The van der Waals surface area contributed by atoms with Crippen LogP contribution in [0.2, 0.25) is 0 Å². The summed E-state index contributed by atoms with van der Waals surface area (Å²) in [4.78, 5) is 0. The van der Waals surface area contributed by atoms with Crippen LogP contribution in [0.15, 0.2) is 103 Å². The smallest absolute Gasteiger partial charge is 0.260 e. The second kappa shape index (κ2) is 6.83. The molecule has 0 radical (unpaired) electrons. The molecule has 0 N–H and O–H groups in total. The van der Waals surface area contributed by atoms with Gasteiger partial charge in [0.1, 0.15) is 25.1 Å². The molecule has 0 aliphatic carbocycles. The fraction of sp³-hybridized carbons (Fsp3) is 0. The van der Waals surface area contributed by atoms with Crippen LogP contribution < -0.4 is 31.3 Å².